The van der Waals surface area contributed by atoms with Crippen molar-refractivity contribution in [2.45, 2.75) is 51.1 Å². The van der Waals surface area contributed by atoms with E-state index in [1.165, 1.54) is 5.56 Å². The number of hydrogen-bond acceptors (Lipinski definition) is 5. The summed E-state index contributed by atoms with van der Waals surface area (Å²) in [6.07, 6.45) is 2.48. The molecule has 1 aromatic heterocycles. The van der Waals surface area contributed by atoms with Gasteiger partial charge in [0.2, 0.25) is 5.91 Å². The standard InChI is InChI=1S/C21H29N5O2/c1-15(16-3-5-18(28-2)6-4-16)13-20(27)25-10-7-17(8-11-25)21-24-23-19-14-22-9-12-26(19)21/h3-6,15,17,22H,7-14H2,1-2H3. The lowest BCUT2D eigenvalue weighted by atomic mass is 9.93. The maximum Gasteiger partial charge on any atom is 0.223 e. The lowest BCUT2D eigenvalue weighted by molar-refractivity contribution is -0.132. The third-order valence-corrected chi connectivity index (χ3v) is 6.03. The molecule has 0 bridgehead atoms. The van der Waals surface area contributed by atoms with Crippen molar-refractivity contribution in [3.63, 3.8) is 0 Å². The molecule has 1 amide bonds. The maximum absolute atomic E-state index is 12.8. The van der Waals surface area contributed by atoms with Crippen LogP contribution in [0.5, 0.6) is 5.75 Å². The van der Waals surface area contributed by atoms with Gasteiger partial charge in [0.15, 0.2) is 0 Å². The Bertz CT molecular complexity index is 809. The molecule has 1 unspecified atom stereocenters. The number of nitrogens with one attached hydrogen (secondary N) is 1. The highest BCUT2D eigenvalue weighted by Crippen LogP contribution is 2.29. The van der Waals surface area contributed by atoms with E-state index in [9.17, 15) is 4.79 Å². The Morgan fingerprint density at radius 2 is 1.96 bits per heavy atom. The van der Waals surface area contributed by atoms with Gasteiger partial charge in [0.05, 0.1) is 13.7 Å². The second-order valence-corrected chi connectivity index (χ2v) is 7.84. The van der Waals surface area contributed by atoms with Crippen LogP contribution in [-0.4, -0.2) is 52.3 Å². The highest BCUT2D eigenvalue weighted by molar-refractivity contribution is 5.77. The summed E-state index contributed by atoms with van der Waals surface area (Å²) in [5.74, 6) is 3.84. The predicted octanol–water partition coefficient (Wildman–Crippen LogP) is 2.29. The number of fused-ring (bicyclic) bond motifs is 1. The zero-order valence-corrected chi connectivity index (χ0v) is 16.7. The predicted molar refractivity (Wildman–Crippen MR) is 106 cm³/mol. The average molecular weight is 383 g/mol. The van der Waals surface area contributed by atoms with Crippen LogP contribution in [0.4, 0.5) is 0 Å². The molecule has 1 aromatic carbocycles. The quantitative estimate of drug-likeness (QED) is 0.858. The lowest BCUT2D eigenvalue weighted by Gasteiger charge is -2.32. The molecule has 0 radical (unpaired) electrons. The SMILES string of the molecule is COc1ccc(C(C)CC(=O)N2CCC(c3nnc4n3CCNC4)CC2)cc1. The van der Waals surface area contributed by atoms with Gasteiger partial charge in [-0.05, 0) is 36.5 Å². The number of rotatable bonds is 5. The van der Waals surface area contributed by atoms with E-state index in [4.69, 9.17) is 4.74 Å². The van der Waals surface area contributed by atoms with Crippen molar-refractivity contribution >= 4 is 5.91 Å². The van der Waals surface area contributed by atoms with Crippen LogP contribution in [-0.2, 0) is 17.9 Å². The molecule has 1 fully saturated rings. The number of aromatic nitrogens is 3. The summed E-state index contributed by atoms with van der Waals surface area (Å²) in [5, 5.41) is 12.1. The molecule has 0 saturated carbocycles. The van der Waals surface area contributed by atoms with Gasteiger partial charge in [0.1, 0.15) is 17.4 Å². The molecule has 3 heterocycles. The van der Waals surface area contributed by atoms with Crippen molar-refractivity contribution in [1.29, 1.82) is 0 Å². The number of benzene rings is 1. The molecule has 1 N–H and O–H groups in total. The molecule has 0 aliphatic carbocycles. The van der Waals surface area contributed by atoms with Crippen molar-refractivity contribution in [2.24, 2.45) is 0 Å². The van der Waals surface area contributed by atoms with Gasteiger partial charge in [-0.1, -0.05) is 19.1 Å². The smallest absolute Gasteiger partial charge is 0.223 e. The highest BCUT2D eigenvalue weighted by atomic mass is 16.5. The molecule has 0 spiro atoms. The fourth-order valence-corrected chi connectivity index (χ4v) is 4.25. The van der Waals surface area contributed by atoms with Crippen molar-refractivity contribution in [2.75, 3.05) is 26.7 Å². The van der Waals surface area contributed by atoms with E-state index in [-0.39, 0.29) is 11.8 Å². The monoisotopic (exact) mass is 383 g/mol. The minimum atomic E-state index is 0.201. The average Bonchev–Trinajstić information content (AvgIpc) is 3.18. The number of ether oxygens (including phenoxy) is 1. The first-order valence-corrected chi connectivity index (χ1v) is 10.2. The van der Waals surface area contributed by atoms with Crippen LogP contribution in [0.3, 0.4) is 0 Å². The number of carbonyl (C=O) groups excluding carboxylic acids is 1. The molecular weight excluding hydrogens is 354 g/mol. The zero-order valence-electron chi connectivity index (χ0n) is 16.7. The van der Waals surface area contributed by atoms with Gasteiger partial charge in [-0.15, -0.1) is 10.2 Å². The van der Waals surface area contributed by atoms with Crippen molar-refractivity contribution in [3.8, 4) is 5.75 Å². The fourth-order valence-electron chi connectivity index (χ4n) is 4.25. The maximum atomic E-state index is 12.8. The molecule has 1 atom stereocenters. The summed E-state index contributed by atoms with van der Waals surface area (Å²) < 4.78 is 7.48. The molecule has 2 aliphatic rings. The Balaban J connectivity index is 1.32. The number of likely N-dealkylation sites (tertiary alicyclic amines) is 1. The summed E-state index contributed by atoms with van der Waals surface area (Å²) in [6, 6.07) is 8.01. The van der Waals surface area contributed by atoms with Gasteiger partial charge in [0, 0.05) is 38.5 Å². The van der Waals surface area contributed by atoms with E-state index >= 15 is 0 Å². The normalized spacial score (nSPS) is 18.6. The second kappa shape index (κ2) is 8.31. The Morgan fingerprint density at radius 3 is 2.68 bits per heavy atom. The molecule has 7 heteroatoms. The number of carbonyl (C=O) groups is 1. The topological polar surface area (TPSA) is 72.3 Å². The molecular formula is C21H29N5O2. The van der Waals surface area contributed by atoms with E-state index in [0.29, 0.717) is 12.3 Å². The highest BCUT2D eigenvalue weighted by Gasteiger charge is 2.29. The second-order valence-electron chi connectivity index (χ2n) is 7.84. The van der Waals surface area contributed by atoms with E-state index in [0.717, 1.165) is 63.0 Å². The van der Waals surface area contributed by atoms with Crippen LogP contribution in [0.2, 0.25) is 0 Å². The first kappa shape index (κ1) is 18.9. The van der Waals surface area contributed by atoms with Crippen molar-refractivity contribution < 1.29 is 9.53 Å². The van der Waals surface area contributed by atoms with Gasteiger partial charge < -0.3 is 19.5 Å². The molecule has 150 valence electrons. The summed E-state index contributed by atoms with van der Waals surface area (Å²) in [4.78, 5) is 14.8. The Morgan fingerprint density at radius 1 is 1.21 bits per heavy atom. The van der Waals surface area contributed by atoms with Crippen LogP contribution in [0.25, 0.3) is 0 Å². The van der Waals surface area contributed by atoms with Crippen molar-refractivity contribution in [3.05, 3.63) is 41.5 Å². The Hall–Kier alpha value is -2.41. The van der Waals surface area contributed by atoms with Gasteiger partial charge in [-0.25, -0.2) is 0 Å². The first-order chi connectivity index (χ1) is 13.7. The number of hydrogen-bond donors (Lipinski definition) is 1. The number of nitrogens with zero attached hydrogens (tertiary/aromatic N) is 4. The van der Waals surface area contributed by atoms with Crippen molar-refractivity contribution in [1.82, 2.24) is 25.0 Å². The lowest BCUT2D eigenvalue weighted by Crippen LogP contribution is -2.39. The third-order valence-electron chi connectivity index (χ3n) is 6.03. The van der Waals surface area contributed by atoms with Crippen LogP contribution in [0.15, 0.2) is 24.3 Å². The van der Waals surface area contributed by atoms with Crippen LogP contribution >= 0.6 is 0 Å². The largest absolute Gasteiger partial charge is 0.497 e. The summed E-state index contributed by atoms with van der Waals surface area (Å²) >= 11 is 0. The van der Waals surface area contributed by atoms with E-state index in [1.807, 2.05) is 29.2 Å². The number of amides is 1. The van der Waals surface area contributed by atoms with E-state index in [2.05, 4.69) is 27.0 Å². The minimum absolute atomic E-state index is 0.201. The summed E-state index contributed by atoms with van der Waals surface area (Å²) in [7, 11) is 1.66. The van der Waals surface area contributed by atoms with Gasteiger partial charge in [-0.3, -0.25) is 4.79 Å². The number of piperidine rings is 1. The first-order valence-electron chi connectivity index (χ1n) is 10.2. The Labute approximate surface area is 166 Å². The molecule has 1 saturated heterocycles. The third kappa shape index (κ3) is 3.90. The fraction of sp³-hybridized carbons (Fsp3) is 0.571. The van der Waals surface area contributed by atoms with Gasteiger partial charge in [-0.2, -0.15) is 0 Å². The molecule has 2 aromatic rings. The Kier molecular flexibility index (Phi) is 5.62. The molecule has 7 nitrogen and oxygen atoms in total. The van der Waals surface area contributed by atoms with E-state index in [1.54, 1.807) is 7.11 Å². The summed E-state index contributed by atoms with van der Waals surface area (Å²) in [6.45, 7) is 6.43. The molecule has 4 rings (SSSR count). The van der Waals surface area contributed by atoms with Gasteiger partial charge >= 0.3 is 0 Å². The van der Waals surface area contributed by atoms with Gasteiger partial charge in [0.25, 0.3) is 0 Å². The van der Waals surface area contributed by atoms with E-state index < -0.39 is 0 Å². The summed E-state index contributed by atoms with van der Waals surface area (Å²) in [5.41, 5.74) is 1.17. The van der Waals surface area contributed by atoms with Crippen LogP contribution < -0.4 is 10.1 Å². The molecule has 2 aliphatic heterocycles. The van der Waals surface area contributed by atoms with Crippen LogP contribution in [0, 0.1) is 0 Å². The zero-order chi connectivity index (χ0) is 19.5. The number of methoxy groups -OCH3 is 1. The molecule has 28 heavy (non-hydrogen) atoms. The minimum Gasteiger partial charge on any atom is -0.497 e. The van der Waals surface area contributed by atoms with Crippen LogP contribution in [0.1, 0.15) is 55.2 Å².